The van der Waals surface area contributed by atoms with E-state index in [1.54, 1.807) is 24.3 Å². The number of carbonyl (C=O) groups excluding carboxylic acids is 2. The minimum absolute atomic E-state index is 0.0685. The summed E-state index contributed by atoms with van der Waals surface area (Å²) in [5.41, 5.74) is 1.03. The Morgan fingerprint density at radius 3 is 2.15 bits per heavy atom. The summed E-state index contributed by atoms with van der Waals surface area (Å²) in [5, 5.41) is 3.06. The van der Waals surface area contributed by atoms with E-state index in [0.29, 0.717) is 11.1 Å². The molecular weight excluding hydrogens is 254 g/mol. The van der Waals surface area contributed by atoms with Gasteiger partial charge in [0, 0.05) is 11.6 Å². The molecule has 0 heterocycles. The van der Waals surface area contributed by atoms with Gasteiger partial charge in [-0.2, -0.15) is 0 Å². The van der Waals surface area contributed by atoms with Gasteiger partial charge in [-0.1, -0.05) is 6.92 Å². The molecule has 0 bridgehead atoms. The van der Waals surface area contributed by atoms with E-state index in [2.05, 4.69) is 17.0 Å². The van der Waals surface area contributed by atoms with Crippen molar-refractivity contribution in [3.8, 4) is 0 Å². The maximum absolute atomic E-state index is 12.1. The van der Waals surface area contributed by atoms with Crippen molar-refractivity contribution in [1.82, 2.24) is 5.32 Å². The maximum atomic E-state index is 12.1. The number of carbonyl (C=O) groups is 2. The Labute approximate surface area is 119 Å². The molecule has 1 aliphatic carbocycles. The molecule has 1 amide bonds. The van der Waals surface area contributed by atoms with Crippen LogP contribution in [0.15, 0.2) is 24.3 Å². The van der Waals surface area contributed by atoms with Gasteiger partial charge in [0.2, 0.25) is 0 Å². The molecule has 1 saturated carbocycles. The minimum Gasteiger partial charge on any atom is -0.465 e. The van der Waals surface area contributed by atoms with Gasteiger partial charge in [0.15, 0.2) is 0 Å². The third-order valence-electron chi connectivity index (χ3n) is 3.92. The van der Waals surface area contributed by atoms with Gasteiger partial charge in [-0.25, -0.2) is 4.79 Å². The van der Waals surface area contributed by atoms with Gasteiger partial charge in [-0.15, -0.1) is 0 Å². The fourth-order valence-corrected chi connectivity index (χ4v) is 2.55. The molecule has 1 aliphatic rings. The fraction of sp³-hybridized carbons (Fsp3) is 0.500. The lowest BCUT2D eigenvalue weighted by molar-refractivity contribution is 0.0600. The average Bonchev–Trinajstić information content (AvgIpc) is 2.49. The van der Waals surface area contributed by atoms with Crippen LogP contribution in [0.3, 0.4) is 0 Å². The molecule has 0 atom stereocenters. The highest BCUT2D eigenvalue weighted by molar-refractivity contribution is 5.96. The highest BCUT2D eigenvalue weighted by Crippen LogP contribution is 2.23. The number of hydrogen-bond acceptors (Lipinski definition) is 3. The molecule has 1 aromatic rings. The largest absolute Gasteiger partial charge is 0.465 e. The number of benzene rings is 1. The predicted molar refractivity (Wildman–Crippen MR) is 76.7 cm³/mol. The Morgan fingerprint density at radius 1 is 1.05 bits per heavy atom. The van der Waals surface area contributed by atoms with Crippen LogP contribution in [-0.2, 0) is 4.74 Å². The number of esters is 1. The zero-order chi connectivity index (χ0) is 14.5. The summed E-state index contributed by atoms with van der Waals surface area (Å²) in [6.07, 6.45) is 4.44. The van der Waals surface area contributed by atoms with E-state index in [9.17, 15) is 9.59 Å². The van der Waals surface area contributed by atoms with Gasteiger partial charge < -0.3 is 10.1 Å². The standard InChI is InChI=1S/C16H21NO3/c1-11-3-9-14(10-4-11)17-15(18)12-5-7-13(8-6-12)16(19)20-2/h5-8,11,14H,3-4,9-10H2,1-2H3,(H,17,18). The molecule has 1 aromatic carbocycles. The number of nitrogens with one attached hydrogen (secondary N) is 1. The Balaban J connectivity index is 1.94. The van der Waals surface area contributed by atoms with Gasteiger partial charge in [0.25, 0.3) is 5.91 Å². The molecule has 1 N–H and O–H groups in total. The van der Waals surface area contributed by atoms with Crippen molar-refractivity contribution in [3.05, 3.63) is 35.4 Å². The maximum Gasteiger partial charge on any atom is 0.337 e. The lowest BCUT2D eigenvalue weighted by Crippen LogP contribution is -2.37. The second kappa shape index (κ2) is 6.55. The lowest BCUT2D eigenvalue weighted by atomic mass is 9.87. The molecule has 20 heavy (non-hydrogen) atoms. The molecule has 0 unspecified atom stereocenters. The molecule has 4 nitrogen and oxygen atoms in total. The Hall–Kier alpha value is -1.84. The van der Waals surface area contributed by atoms with Crippen molar-refractivity contribution in [2.24, 2.45) is 5.92 Å². The number of amides is 1. The van der Waals surface area contributed by atoms with Crippen LogP contribution in [0.4, 0.5) is 0 Å². The van der Waals surface area contributed by atoms with Crippen molar-refractivity contribution in [1.29, 1.82) is 0 Å². The Kier molecular flexibility index (Phi) is 4.77. The topological polar surface area (TPSA) is 55.4 Å². The number of rotatable bonds is 3. The van der Waals surface area contributed by atoms with Crippen molar-refractivity contribution >= 4 is 11.9 Å². The van der Waals surface area contributed by atoms with Crippen LogP contribution in [0.2, 0.25) is 0 Å². The normalized spacial score (nSPS) is 22.1. The summed E-state index contributed by atoms with van der Waals surface area (Å²) in [5.74, 6) is 0.307. The monoisotopic (exact) mass is 275 g/mol. The molecular formula is C16H21NO3. The van der Waals surface area contributed by atoms with Crippen LogP contribution >= 0.6 is 0 Å². The summed E-state index contributed by atoms with van der Waals surface area (Å²) < 4.78 is 4.63. The summed E-state index contributed by atoms with van der Waals surface area (Å²) in [6.45, 7) is 2.25. The summed E-state index contributed by atoms with van der Waals surface area (Å²) in [4.78, 5) is 23.4. The van der Waals surface area contributed by atoms with Crippen molar-refractivity contribution in [2.75, 3.05) is 7.11 Å². The van der Waals surface area contributed by atoms with Crippen molar-refractivity contribution < 1.29 is 14.3 Å². The van der Waals surface area contributed by atoms with E-state index in [1.165, 1.54) is 20.0 Å². The number of hydrogen-bond donors (Lipinski definition) is 1. The van der Waals surface area contributed by atoms with Crippen LogP contribution in [0.1, 0.15) is 53.3 Å². The molecule has 0 radical (unpaired) electrons. The summed E-state index contributed by atoms with van der Waals surface area (Å²) in [7, 11) is 1.34. The SMILES string of the molecule is COC(=O)c1ccc(C(=O)NC2CCC(C)CC2)cc1. The van der Waals surface area contributed by atoms with E-state index in [0.717, 1.165) is 18.8 Å². The fourth-order valence-electron chi connectivity index (χ4n) is 2.55. The summed E-state index contributed by atoms with van der Waals surface area (Å²) >= 11 is 0. The molecule has 0 saturated heterocycles. The molecule has 0 spiro atoms. The van der Waals surface area contributed by atoms with Gasteiger partial charge in [-0.05, 0) is 55.9 Å². The zero-order valence-electron chi connectivity index (χ0n) is 12.0. The first-order chi connectivity index (χ1) is 9.60. The lowest BCUT2D eigenvalue weighted by Gasteiger charge is -2.26. The van der Waals surface area contributed by atoms with E-state index in [1.807, 2.05) is 0 Å². The van der Waals surface area contributed by atoms with Crippen LogP contribution in [0.5, 0.6) is 0 Å². The second-order valence-corrected chi connectivity index (χ2v) is 5.50. The van der Waals surface area contributed by atoms with Gasteiger partial charge in [0.1, 0.15) is 0 Å². The third kappa shape index (κ3) is 3.59. The molecule has 108 valence electrons. The minimum atomic E-state index is -0.391. The van der Waals surface area contributed by atoms with Crippen molar-refractivity contribution in [2.45, 2.75) is 38.6 Å². The second-order valence-electron chi connectivity index (χ2n) is 5.50. The Bertz CT molecular complexity index is 473. The van der Waals surface area contributed by atoms with E-state index >= 15 is 0 Å². The highest BCUT2D eigenvalue weighted by atomic mass is 16.5. The van der Waals surface area contributed by atoms with Crippen LogP contribution in [-0.4, -0.2) is 25.0 Å². The van der Waals surface area contributed by atoms with Gasteiger partial charge in [-0.3, -0.25) is 4.79 Å². The smallest absolute Gasteiger partial charge is 0.337 e. The first kappa shape index (κ1) is 14.6. The molecule has 1 fully saturated rings. The highest BCUT2D eigenvalue weighted by Gasteiger charge is 2.20. The molecule has 0 aliphatic heterocycles. The zero-order valence-corrected chi connectivity index (χ0v) is 12.0. The van der Waals surface area contributed by atoms with Crippen molar-refractivity contribution in [3.63, 3.8) is 0 Å². The molecule has 0 aromatic heterocycles. The van der Waals surface area contributed by atoms with E-state index in [4.69, 9.17) is 0 Å². The quantitative estimate of drug-likeness (QED) is 0.863. The third-order valence-corrected chi connectivity index (χ3v) is 3.92. The van der Waals surface area contributed by atoms with Crippen LogP contribution in [0.25, 0.3) is 0 Å². The molecule has 4 heteroatoms. The average molecular weight is 275 g/mol. The van der Waals surface area contributed by atoms with Crippen LogP contribution < -0.4 is 5.32 Å². The number of ether oxygens (including phenoxy) is 1. The summed E-state index contributed by atoms with van der Waals surface area (Å²) in [6, 6.07) is 6.83. The van der Waals surface area contributed by atoms with E-state index < -0.39 is 5.97 Å². The van der Waals surface area contributed by atoms with Gasteiger partial charge >= 0.3 is 5.97 Å². The van der Waals surface area contributed by atoms with E-state index in [-0.39, 0.29) is 11.9 Å². The first-order valence-corrected chi connectivity index (χ1v) is 7.09. The first-order valence-electron chi connectivity index (χ1n) is 7.09. The molecule has 2 rings (SSSR count). The van der Waals surface area contributed by atoms with Gasteiger partial charge in [0.05, 0.1) is 12.7 Å². The Morgan fingerprint density at radius 2 is 1.60 bits per heavy atom. The predicted octanol–water partition coefficient (Wildman–Crippen LogP) is 2.78. The number of methoxy groups -OCH3 is 1. The van der Waals surface area contributed by atoms with Crippen LogP contribution in [0, 0.1) is 5.92 Å².